The number of carbonyl (C=O) groups is 1. The van der Waals surface area contributed by atoms with Crippen molar-refractivity contribution in [1.82, 2.24) is 5.32 Å². The molecule has 0 heterocycles. The molecule has 1 amide bonds. The fourth-order valence-corrected chi connectivity index (χ4v) is 2.85. The van der Waals surface area contributed by atoms with Crippen LogP contribution in [0.1, 0.15) is 42.7 Å². The Morgan fingerprint density at radius 3 is 3.11 bits per heavy atom. The topological polar surface area (TPSA) is 58.6 Å². The second-order valence-corrected chi connectivity index (χ2v) is 5.03. The third-order valence-corrected chi connectivity index (χ3v) is 3.80. The Balaban J connectivity index is 1.98. The van der Waals surface area contributed by atoms with Crippen molar-refractivity contribution in [1.29, 1.82) is 0 Å². The van der Waals surface area contributed by atoms with E-state index in [0.717, 1.165) is 25.0 Å². The van der Waals surface area contributed by atoms with Gasteiger partial charge in [0.05, 0.1) is 7.11 Å². The predicted molar refractivity (Wildman–Crippen MR) is 73.9 cm³/mol. The summed E-state index contributed by atoms with van der Waals surface area (Å²) in [5.41, 5.74) is 2.81. The van der Waals surface area contributed by atoms with E-state index < -0.39 is 6.09 Å². The zero-order valence-corrected chi connectivity index (χ0v) is 11.3. The molecule has 1 aromatic rings. The molecule has 0 saturated heterocycles. The molecule has 0 aliphatic heterocycles. The molecule has 1 aliphatic rings. The zero-order valence-electron chi connectivity index (χ0n) is 11.3. The molecule has 19 heavy (non-hydrogen) atoms. The van der Waals surface area contributed by atoms with Crippen molar-refractivity contribution in [3.8, 4) is 5.75 Å². The molecule has 1 aliphatic carbocycles. The van der Waals surface area contributed by atoms with E-state index in [0.29, 0.717) is 12.5 Å². The number of ether oxygens (including phenoxy) is 1. The number of nitrogens with one attached hydrogen (secondary N) is 1. The van der Waals surface area contributed by atoms with Gasteiger partial charge in [-0.3, -0.25) is 0 Å². The first-order valence-electron chi connectivity index (χ1n) is 6.84. The smallest absolute Gasteiger partial charge is 0.404 e. The Bertz CT molecular complexity index is 445. The highest BCUT2D eigenvalue weighted by atomic mass is 16.5. The first kappa shape index (κ1) is 13.7. The molecule has 0 spiro atoms. The Morgan fingerprint density at radius 2 is 2.37 bits per heavy atom. The summed E-state index contributed by atoms with van der Waals surface area (Å²) in [6.07, 6.45) is 4.52. The maximum absolute atomic E-state index is 10.4. The fourth-order valence-electron chi connectivity index (χ4n) is 2.85. The van der Waals surface area contributed by atoms with Gasteiger partial charge in [-0.15, -0.1) is 0 Å². The number of rotatable bonds is 5. The lowest BCUT2D eigenvalue weighted by Gasteiger charge is -2.26. The third-order valence-electron chi connectivity index (χ3n) is 3.80. The van der Waals surface area contributed by atoms with E-state index in [2.05, 4.69) is 17.4 Å². The predicted octanol–water partition coefficient (Wildman–Crippen LogP) is 3.16. The highest BCUT2D eigenvalue weighted by Crippen LogP contribution is 2.36. The zero-order chi connectivity index (χ0) is 13.7. The largest absolute Gasteiger partial charge is 0.497 e. The Morgan fingerprint density at radius 1 is 1.53 bits per heavy atom. The standard InChI is InChI=1S/C15H21NO3/c1-19-13-8-7-12-5-2-4-11(14(12)10-13)6-3-9-16-15(17)18/h7-8,10-11,16H,2-6,9H2,1H3,(H,17,18). The molecular weight excluding hydrogens is 242 g/mol. The van der Waals surface area contributed by atoms with E-state index in [1.807, 2.05) is 6.07 Å². The summed E-state index contributed by atoms with van der Waals surface area (Å²) in [6, 6.07) is 6.33. The van der Waals surface area contributed by atoms with Crippen LogP contribution >= 0.6 is 0 Å². The van der Waals surface area contributed by atoms with Crippen LogP contribution in [0.4, 0.5) is 4.79 Å². The molecule has 0 aromatic heterocycles. The molecule has 104 valence electrons. The van der Waals surface area contributed by atoms with Crippen LogP contribution < -0.4 is 10.1 Å². The van der Waals surface area contributed by atoms with Gasteiger partial charge in [0, 0.05) is 6.54 Å². The summed E-state index contributed by atoms with van der Waals surface area (Å²) in [5.74, 6) is 1.45. The van der Waals surface area contributed by atoms with Crippen LogP contribution in [-0.2, 0) is 6.42 Å². The fraction of sp³-hybridized carbons (Fsp3) is 0.533. The molecule has 0 fully saturated rings. The molecule has 0 saturated carbocycles. The molecule has 1 aromatic carbocycles. The quantitative estimate of drug-likeness (QED) is 0.802. The average Bonchev–Trinajstić information content (AvgIpc) is 2.43. The lowest BCUT2D eigenvalue weighted by molar-refractivity contribution is 0.194. The highest BCUT2D eigenvalue weighted by Gasteiger charge is 2.20. The number of aryl methyl sites for hydroxylation is 1. The van der Waals surface area contributed by atoms with Gasteiger partial charge in [0.25, 0.3) is 0 Å². The number of hydrogen-bond acceptors (Lipinski definition) is 2. The molecule has 1 unspecified atom stereocenters. The van der Waals surface area contributed by atoms with Gasteiger partial charge in [-0.25, -0.2) is 4.79 Å². The van der Waals surface area contributed by atoms with Crippen molar-refractivity contribution in [2.45, 2.75) is 38.0 Å². The lowest BCUT2D eigenvalue weighted by Crippen LogP contribution is -2.22. The van der Waals surface area contributed by atoms with Crippen LogP contribution in [0.15, 0.2) is 18.2 Å². The van der Waals surface area contributed by atoms with Crippen LogP contribution in [-0.4, -0.2) is 24.9 Å². The van der Waals surface area contributed by atoms with Crippen molar-refractivity contribution in [3.05, 3.63) is 29.3 Å². The molecular formula is C15H21NO3. The van der Waals surface area contributed by atoms with Gasteiger partial charge >= 0.3 is 6.09 Å². The van der Waals surface area contributed by atoms with Gasteiger partial charge in [0.15, 0.2) is 0 Å². The minimum absolute atomic E-state index is 0.533. The Labute approximate surface area is 113 Å². The van der Waals surface area contributed by atoms with Gasteiger partial charge < -0.3 is 15.2 Å². The van der Waals surface area contributed by atoms with Crippen LogP contribution in [0.3, 0.4) is 0 Å². The maximum atomic E-state index is 10.4. The third kappa shape index (κ3) is 3.63. The monoisotopic (exact) mass is 263 g/mol. The summed E-state index contributed by atoms with van der Waals surface area (Å²) in [6.45, 7) is 0.533. The number of amides is 1. The highest BCUT2D eigenvalue weighted by molar-refractivity contribution is 5.64. The van der Waals surface area contributed by atoms with Crippen LogP contribution in [0, 0.1) is 0 Å². The Hall–Kier alpha value is -1.71. The first-order chi connectivity index (χ1) is 9.20. The van der Waals surface area contributed by atoms with Gasteiger partial charge in [-0.05, 0) is 61.3 Å². The molecule has 0 bridgehead atoms. The van der Waals surface area contributed by atoms with E-state index in [-0.39, 0.29) is 0 Å². The summed E-state index contributed by atoms with van der Waals surface area (Å²) in [7, 11) is 1.69. The lowest BCUT2D eigenvalue weighted by atomic mass is 9.80. The summed E-state index contributed by atoms with van der Waals surface area (Å²) in [5, 5.41) is 11.0. The van der Waals surface area contributed by atoms with Crippen molar-refractivity contribution >= 4 is 6.09 Å². The molecule has 2 N–H and O–H groups in total. The minimum atomic E-state index is -0.939. The van der Waals surface area contributed by atoms with Crippen molar-refractivity contribution in [3.63, 3.8) is 0 Å². The number of hydrogen-bond donors (Lipinski definition) is 2. The normalized spacial score (nSPS) is 17.6. The van der Waals surface area contributed by atoms with Crippen LogP contribution in [0.2, 0.25) is 0 Å². The van der Waals surface area contributed by atoms with Gasteiger partial charge in [0.2, 0.25) is 0 Å². The van der Waals surface area contributed by atoms with E-state index in [1.165, 1.54) is 24.0 Å². The maximum Gasteiger partial charge on any atom is 0.404 e. The van der Waals surface area contributed by atoms with E-state index in [9.17, 15) is 4.79 Å². The van der Waals surface area contributed by atoms with E-state index in [1.54, 1.807) is 7.11 Å². The summed E-state index contributed by atoms with van der Waals surface area (Å²) < 4.78 is 5.30. The number of fused-ring (bicyclic) bond motifs is 1. The van der Waals surface area contributed by atoms with Crippen LogP contribution in [0.25, 0.3) is 0 Å². The van der Waals surface area contributed by atoms with Gasteiger partial charge in [0.1, 0.15) is 5.75 Å². The van der Waals surface area contributed by atoms with Crippen molar-refractivity contribution < 1.29 is 14.6 Å². The Kier molecular flexibility index (Phi) is 4.66. The average molecular weight is 263 g/mol. The minimum Gasteiger partial charge on any atom is -0.497 e. The number of benzene rings is 1. The number of carboxylic acid groups (broad SMARTS) is 1. The molecule has 4 heteroatoms. The first-order valence-corrected chi connectivity index (χ1v) is 6.84. The van der Waals surface area contributed by atoms with Gasteiger partial charge in [-0.2, -0.15) is 0 Å². The SMILES string of the molecule is COc1ccc2c(c1)C(CCCNC(=O)O)CCC2. The summed E-state index contributed by atoms with van der Waals surface area (Å²) >= 11 is 0. The number of methoxy groups -OCH3 is 1. The van der Waals surface area contributed by atoms with Gasteiger partial charge in [-0.1, -0.05) is 6.07 Å². The van der Waals surface area contributed by atoms with E-state index >= 15 is 0 Å². The molecule has 4 nitrogen and oxygen atoms in total. The van der Waals surface area contributed by atoms with E-state index in [4.69, 9.17) is 9.84 Å². The molecule has 0 radical (unpaired) electrons. The van der Waals surface area contributed by atoms with Crippen molar-refractivity contribution in [2.75, 3.05) is 13.7 Å². The van der Waals surface area contributed by atoms with Crippen LogP contribution in [0.5, 0.6) is 5.75 Å². The van der Waals surface area contributed by atoms with Crippen molar-refractivity contribution in [2.24, 2.45) is 0 Å². The summed E-state index contributed by atoms with van der Waals surface area (Å²) in [4.78, 5) is 10.4. The second-order valence-electron chi connectivity index (χ2n) is 5.03. The molecule has 1 atom stereocenters. The molecule has 2 rings (SSSR count). The second kappa shape index (κ2) is 6.45.